The minimum Gasteiger partial charge on any atom is -0.388 e. The Bertz CT molecular complexity index is 470. The predicted octanol–water partition coefficient (Wildman–Crippen LogP) is 3.20. The molecule has 1 N–H and O–H groups in total. The second-order valence-corrected chi connectivity index (χ2v) is 5.44. The van der Waals surface area contributed by atoms with Gasteiger partial charge in [0.15, 0.2) is 0 Å². The standard InChI is InChI=1S/C15H18FNO/c1-14(18,15(11-17)8-4-5-9-15)10-12-6-2-3-7-13(12)16/h2-3,6-7,18H,4-5,8-10H2,1H3. The Balaban J connectivity index is 2.27. The van der Waals surface area contributed by atoms with E-state index in [0.717, 1.165) is 12.8 Å². The van der Waals surface area contributed by atoms with Crippen LogP contribution in [0.2, 0.25) is 0 Å². The molecular formula is C15H18FNO. The molecule has 0 amide bonds. The van der Waals surface area contributed by atoms with Crippen LogP contribution in [0.3, 0.4) is 0 Å². The van der Waals surface area contributed by atoms with Crippen LogP contribution in [0.4, 0.5) is 4.39 Å². The van der Waals surface area contributed by atoms with E-state index in [-0.39, 0.29) is 12.2 Å². The molecule has 1 aliphatic carbocycles. The fourth-order valence-corrected chi connectivity index (χ4v) is 2.93. The van der Waals surface area contributed by atoms with E-state index in [4.69, 9.17) is 0 Å². The minimum atomic E-state index is -1.18. The van der Waals surface area contributed by atoms with Crippen molar-refractivity contribution < 1.29 is 9.50 Å². The second-order valence-electron chi connectivity index (χ2n) is 5.44. The van der Waals surface area contributed by atoms with Crippen molar-refractivity contribution in [1.29, 1.82) is 5.26 Å². The number of halogens is 1. The number of hydrogen-bond acceptors (Lipinski definition) is 2. The van der Waals surface area contributed by atoms with Crippen molar-refractivity contribution in [2.75, 3.05) is 0 Å². The highest BCUT2D eigenvalue weighted by molar-refractivity contribution is 5.23. The summed E-state index contributed by atoms with van der Waals surface area (Å²) in [6, 6.07) is 8.72. The Kier molecular flexibility index (Phi) is 3.41. The first-order valence-corrected chi connectivity index (χ1v) is 6.38. The van der Waals surface area contributed by atoms with Crippen LogP contribution in [0.1, 0.15) is 38.2 Å². The molecule has 0 spiro atoms. The first-order chi connectivity index (χ1) is 8.51. The summed E-state index contributed by atoms with van der Waals surface area (Å²) in [6.45, 7) is 1.66. The summed E-state index contributed by atoms with van der Waals surface area (Å²) in [5.41, 5.74) is -1.43. The molecule has 1 fully saturated rings. The molecule has 0 heterocycles. The second kappa shape index (κ2) is 4.70. The minimum absolute atomic E-state index is 0.188. The third-order valence-corrected chi connectivity index (χ3v) is 4.19. The van der Waals surface area contributed by atoms with Crippen LogP contribution in [0.25, 0.3) is 0 Å². The molecule has 1 atom stereocenters. The van der Waals surface area contributed by atoms with Gasteiger partial charge in [-0.15, -0.1) is 0 Å². The highest BCUT2D eigenvalue weighted by atomic mass is 19.1. The van der Waals surface area contributed by atoms with Crippen molar-refractivity contribution in [3.8, 4) is 6.07 Å². The number of aliphatic hydroxyl groups is 1. The lowest BCUT2D eigenvalue weighted by Crippen LogP contribution is -2.45. The number of hydrogen-bond donors (Lipinski definition) is 1. The van der Waals surface area contributed by atoms with Crippen LogP contribution in [0.5, 0.6) is 0 Å². The molecule has 1 aliphatic rings. The van der Waals surface area contributed by atoms with Crippen molar-refractivity contribution in [1.82, 2.24) is 0 Å². The number of nitrogens with zero attached hydrogens (tertiary/aromatic N) is 1. The molecule has 0 bridgehead atoms. The Hall–Kier alpha value is -1.40. The van der Waals surface area contributed by atoms with E-state index in [0.29, 0.717) is 18.4 Å². The van der Waals surface area contributed by atoms with Gasteiger partial charge in [0.2, 0.25) is 0 Å². The topological polar surface area (TPSA) is 44.0 Å². The zero-order chi connectivity index (χ0) is 13.2. The summed E-state index contributed by atoms with van der Waals surface area (Å²) < 4.78 is 13.6. The van der Waals surface area contributed by atoms with Crippen molar-refractivity contribution in [2.45, 2.75) is 44.6 Å². The summed E-state index contributed by atoms with van der Waals surface area (Å²) in [5, 5.41) is 20.0. The Morgan fingerprint density at radius 3 is 2.56 bits per heavy atom. The van der Waals surface area contributed by atoms with Crippen molar-refractivity contribution in [3.63, 3.8) is 0 Å². The van der Waals surface area contributed by atoms with Crippen LogP contribution < -0.4 is 0 Å². The van der Waals surface area contributed by atoms with Gasteiger partial charge >= 0.3 is 0 Å². The van der Waals surface area contributed by atoms with Gasteiger partial charge in [0.05, 0.1) is 17.1 Å². The van der Waals surface area contributed by atoms with Gasteiger partial charge < -0.3 is 5.11 Å². The van der Waals surface area contributed by atoms with Gasteiger partial charge in [-0.25, -0.2) is 4.39 Å². The van der Waals surface area contributed by atoms with E-state index >= 15 is 0 Å². The van der Waals surface area contributed by atoms with Gasteiger partial charge in [-0.2, -0.15) is 5.26 Å². The SMILES string of the molecule is CC(O)(Cc1ccccc1F)C1(C#N)CCCC1. The van der Waals surface area contributed by atoms with E-state index in [1.165, 1.54) is 6.07 Å². The Morgan fingerprint density at radius 2 is 2.00 bits per heavy atom. The largest absolute Gasteiger partial charge is 0.388 e. The van der Waals surface area contributed by atoms with Gasteiger partial charge in [-0.1, -0.05) is 31.0 Å². The van der Waals surface area contributed by atoms with Gasteiger partial charge in [0.25, 0.3) is 0 Å². The Morgan fingerprint density at radius 1 is 1.39 bits per heavy atom. The zero-order valence-corrected chi connectivity index (χ0v) is 10.6. The zero-order valence-electron chi connectivity index (χ0n) is 10.6. The molecule has 1 aromatic carbocycles. The fraction of sp³-hybridized carbons (Fsp3) is 0.533. The molecule has 0 saturated heterocycles. The lowest BCUT2D eigenvalue weighted by atomic mass is 9.69. The molecule has 2 rings (SSSR count). The quantitative estimate of drug-likeness (QED) is 0.891. The average Bonchev–Trinajstić information content (AvgIpc) is 2.82. The van der Waals surface area contributed by atoms with Crippen LogP contribution in [-0.2, 0) is 6.42 Å². The third kappa shape index (κ3) is 2.13. The van der Waals surface area contributed by atoms with Gasteiger partial charge in [-0.05, 0) is 31.4 Å². The summed E-state index contributed by atoms with van der Waals surface area (Å²) >= 11 is 0. The highest BCUT2D eigenvalue weighted by Crippen LogP contribution is 2.47. The van der Waals surface area contributed by atoms with E-state index in [2.05, 4.69) is 6.07 Å². The van der Waals surface area contributed by atoms with Crippen LogP contribution in [0, 0.1) is 22.6 Å². The first kappa shape index (κ1) is 13.0. The van der Waals surface area contributed by atoms with Crippen LogP contribution in [0.15, 0.2) is 24.3 Å². The summed E-state index contributed by atoms with van der Waals surface area (Å²) in [7, 11) is 0. The number of benzene rings is 1. The van der Waals surface area contributed by atoms with Gasteiger partial charge in [-0.3, -0.25) is 0 Å². The summed E-state index contributed by atoms with van der Waals surface area (Å²) in [6.07, 6.45) is 3.51. The molecule has 3 heteroatoms. The Labute approximate surface area is 107 Å². The molecule has 0 aliphatic heterocycles. The molecule has 96 valence electrons. The fourth-order valence-electron chi connectivity index (χ4n) is 2.93. The smallest absolute Gasteiger partial charge is 0.126 e. The lowest BCUT2D eigenvalue weighted by Gasteiger charge is -2.37. The molecule has 1 aromatic rings. The van der Waals surface area contributed by atoms with E-state index in [9.17, 15) is 14.8 Å². The third-order valence-electron chi connectivity index (χ3n) is 4.19. The van der Waals surface area contributed by atoms with Gasteiger partial charge in [0.1, 0.15) is 5.82 Å². The van der Waals surface area contributed by atoms with Gasteiger partial charge in [0, 0.05) is 6.42 Å². The molecule has 18 heavy (non-hydrogen) atoms. The first-order valence-electron chi connectivity index (χ1n) is 6.38. The average molecular weight is 247 g/mol. The molecule has 1 saturated carbocycles. The number of rotatable bonds is 3. The maximum absolute atomic E-state index is 13.6. The maximum atomic E-state index is 13.6. The van der Waals surface area contributed by atoms with Crippen LogP contribution in [-0.4, -0.2) is 10.7 Å². The monoisotopic (exact) mass is 247 g/mol. The molecule has 1 unspecified atom stereocenters. The summed E-state index contributed by atoms with van der Waals surface area (Å²) in [4.78, 5) is 0. The van der Waals surface area contributed by atoms with E-state index in [1.54, 1.807) is 25.1 Å². The predicted molar refractivity (Wildman–Crippen MR) is 67.2 cm³/mol. The van der Waals surface area contributed by atoms with Crippen molar-refractivity contribution in [3.05, 3.63) is 35.6 Å². The highest BCUT2D eigenvalue weighted by Gasteiger charge is 2.49. The summed E-state index contributed by atoms with van der Waals surface area (Å²) in [5.74, 6) is -0.316. The van der Waals surface area contributed by atoms with Crippen molar-refractivity contribution in [2.24, 2.45) is 5.41 Å². The molecule has 2 nitrogen and oxygen atoms in total. The lowest BCUT2D eigenvalue weighted by molar-refractivity contribution is -0.0364. The van der Waals surface area contributed by atoms with E-state index in [1.807, 2.05) is 0 Å². The normalized spacial score (nSPS) is 21.2. The number of nitriles is 1. The molecule has 0 radical (unpaired) electrons. The molecular weight excluding hydrogens is 229 g/mol. The molecule has 0 aromatic heterocycles. The van der Waals surface area contributed by atoms with Crippen molar-refractivity contribution >= 4 is 0 Å². The maximum Gasteiger partial charge on any atom is 0.126 e. The van der Waals surface area contributed by atoms with E-state index < -0.39 is 11.0 Å². The van der Waals surface area contributed by atoms with Crippen LogP contribution >= 0.6 is 0 Å².